The van der Waals surface area contributed by atoms with Gasteiger partial charge in [0, 0.05) is 64.3 Å². The molecule has 1 amide bonds. The van der Waals surface area contributed by atoms with Gasteiger partial charge < -0.3 is 14.4 Å². The van der Waals surface area contributed by atoms with Crippen LogP contribution in [0.1, 0.15) is 24.2 Å². The Bertz CT molecular complexity index is 918. The molecule has 2 heterocycles. The third kappa shape index (κ3) is 4.73. The van der Waals surface area contributed by atoms with Crippen LogP contribution in [0.15, 0.2) is 41.6 Å². The lowest BCUT2D eigenvalue weighted by Crippen LogP contribution is -2.49. The fraction of sp³-hybridized carbons (Fsp3) is 0.474. The van der Waals surface area contributed by atoms with E-state index in [1.54, 1.807) is 23.2 Å². The molecule has 10 heteroatoms. The summed E-state index contributed by atoms with van der Waals surface area (Å²) in [7, 11) is -1.56. The summed E-state index contributed by atoms with van der Waals surface area (Å²) < 4.78 is 28.5. The molecule has 3 rings (SSSR count). The molecule has 1 aliphatic rings. The van der Waals surface area contributed by atoms with E-state index in [-0.39, 0.29) is 23.2 Å². The van der Waals surface area contributed by atoms with Gasteiger partial charge in [0.2, 0.25) is 16.0 Å². The highest BCUT2D eigenvalue weighted by Gasteiger charge is 2.25. The number of halogens is 1. The number of anilines is 1. The Morgan fingerprint density at radius 1 is 1.07 bits per heavy atom. The molecule has 160 valence electrons. The van der Waals surface area contributed by atoms with Gasteiger partial charge in [0.05, 0.1) is 4.90 Å². The van der Waals surface area contributed by atoms with E-state index < -0.39 is 10.0 Å². The zero-order valence-corrected chi connectivity index (χ0v) is 18.6. The zero-order valence-electron chi connectivity index (χ0n) is 17.0. The number of piperazine rings is 1. The van der Waals surface area contributed by atoms with E-state index in [9.17, 15) is 13.2 Å². The first kappa shape index (κ1) is 23.2. The highest BCUT2D eigenvalue weighted by Crippen LogP contribution is 2.18. The molecule has 8 nitrogen and oxygen atoms in total. The van der Waals surface area contributed by atoms with E-state index in [2.05, 4.69) is 9.88 Å². The number of imidazole rings is 1. The van der Waals surface area contributed by atoms with Gasteiger partial charge in [0.1, 0.15) is 0 Å². The number of sulfonamides is 1. The van der Waals surface area contributed by atoms with E-state index in [4.69, 9.17) is 0 Å². The largest absolute Gasteiger partial charge is 0.339 e. The number of nitrogens with zero attached hydrogens (tertiary/aromatic N) is 5. The maximum atomic E-state index is 12.8. The Balaban J connectivity index is 0.00000300. The Morgan fingerprint density at radius 3 is 2.14 bits per heavy atom. The predicted molar refractivity (Wildman–Crippen MR) is 115 cm³/mol. The lowest BCUT2D eigenvalue weighted by atomic mass is 10.2. The second kappa shape index (κ2) is 9.60. The molecule has 1 aromatic heterocycles. The van der Waals surface area contributed by atoms with Crippen LogP contribution in [0.2, 0.25) is 0 Å². The maximum Gasteiger partial charge on any atom is 0.253 e. The molecule has 0 atom stereocenters. The smallest absolute Gasteiger partial charge is 0.253 e. The summed E-state index contributed by atoms with van der Waals surface area (Å²) in [6.07, 6.45) is 3.67. The number of rotatable bonds is 6. The third-order valence-corrected chi connectivity index (χ3v) is 7.15. The summed E-state index contributed by atoms with van der Waals surface area (Å²) in [4.78, 5) is 21.3. The summed E-state index contributed by atoms with van der Waals surface area (Å²) in [6, 6.07) is 6.24. The molecule has 1 aliphatic heterocycles. The third-order valence-electron chi connectivity index (χ3n) is 5.09. The van der Waals surface area contributed by atoms with Crippen molar-refractivity contribution in [2.24, 2.45) is 7.05 Å². The first-order chi connectivity index (χ1) is 13.4. The number of benzene rings is 1. The number of carbonyl (C=O) groups is 1. The summed E-state index contributed by atoms with van der Waals surface area (Å²) in [5, 5.41) is 0. The Morgan fingerprint density at radius 2 is 1.66 bits per heavy atom. The number of hydrogen-bond acceptors (Lipinski definition) is 5. The molecule has 29 heavy (non-hydrogen) atoms. The van der Waals surface area contributed by atoms with Crippen molar-refractivity contribution in [2.75, 3.05) is 44.2 Å². The van der Waals surface area contributed by atoms with E-state index in [0.717, 1.165) is 5.95 Å². The first-order valence-electron chi connectivity index (χ1n) is 9.50. The van der Waals surface area contributed by atoms with Crippen LogP contribution in [-0.2, 0) is 17.1 Å². The summed E-state index contributed by atoms with van der Waals surface area (Å²) in [5.74, 6) is 0.823. The molecule has 2 aromatic rings. The molecule has 1 fully saturated rings. The summed E-state index contributed by atoms with van der Waals surface area (Å²) in [5.41, 5.74) is 0.504. The minimum absolute atomic E-state index is 0. The molecule has 1 saturated heterocycles. The summed E-state index contributed by atoms with van der Waals surface area (Å²) in [6.45, 7) is 7.08. The average molecular weight is 442 g/mol. The van der Waals surface area contributed by atoms with Gasteiger partial charge >= 0.3 is 0 Å². The van der Waals surface area contributed by atoms with Gasteiger partial charge in [-0.05, 0) is 24.3 Å². The van der Waals surface area contributed by atoms with E-state index in [0.29, 0.717) is 44.8 Å². The van der Waals surface area contributed by atoms with Crippen molar-refractivity contribution in [3.8, 4) is 0 Å². The van der Waals surface area contributed by atoms with Crippen molar-refractivity contribution in [3.05, 3.63) is 42.2 Å². The van der Waals surface area contributed by atoms with Crippen LogP contribution in [0.5, 0.6) is 0 Å². The standard InChI is InChI=1S/C19H27N5O3S.ClH/c1-4-24(5-2)28(26,27)17-8-6-16(7-9-17)18(25)22-12-14-23(15-13-22)19-20-10-11-21(19)3;/h6-11H,4-5,12-15H2,1-3H3;1H. The molecular formula is C19H28ClN5O3S. The second-order valence-corrected chi connectivity index (χ2v) is 8.67. The van der Waals surface area contributed by atoms with Crippen LogP contribution in [0.25, 0.3) is 0 Å². The number of hydrogen-bond donors (Lipinski definition) is 0. The van der Waals surface area contributed by atoms with Crippen molar-refractivity contribution >= 4 is 34.3 Å². The van der Waals surface area contributed by atoms with Crippen molar-refractivity contribution in [3.63, 3.8) is 0 Å². The minimum atomic E-state index is -3.51. The molecule has 0 bridgehead atoms. The summed E-state index contributed by atoms with van der Waals surface area (Å²) >= 11 is 0. The number of carbonyl (C=O) groups excluding carboxylic acids is 1. The molecule has 0 radical (unpaired) electrons. The van der Waals surface area contributed by atoms with Gasteiger partial charge in [-0.15, -0.1) is 12.4 Å². The lowest BCUT2D eigenvalue weighted by molar-refractivity contribution is 0.0746. The minimum Gasteiger partial charge on any atom is -0.339 e. The van der Waals surface area contributed by atoms with Crippen LogP contribution in [-0.4, -0.2) is 72.3 Å². The molecule has 0 N–H and O–H groups in total. The van der Waals surface area contributed by atoms with Crippen LogP contribution in [0.3, 0.4) is 0 Å². The van der Waals surface area contributed by atoms with Gasteiger partial charge in [-0.25, -0.2) is 13.4 Å². The SMILES string of the molecule is CCN(CC)S(=O)(=O)c1ccc(C(=O)N2CCN(c3nccn3C)CC2)cc1.Cl. The van der Waals surface area contributed by atoms with Gasteiger partial charge in [-0.2, -0.15) is 4.31 Å². The fourth-order valence-electron chi connectivity index (χ4n) is 3.44. The van der Waals surface area contributed by atoms with Crippen LogP contribution >= 0.6 is 12.4 Å². The van der Waals surface area contributed by atoms with Crippen LogP contribution in [0.4, 0.5) is 5.95 Å². The van der Waals surface area contributed by atoms with E-state index in [1.807, 2.05) is 31.7 Å². The molecular weight excluding hydrogens is 414 g/mol. The normalized spacial score (nSPS) is 14.8. The van der Waals surface area contributed by atoms with Crippen molar-refractivity contribution < 1.29 is 13.2 Å². The lowest BCUT2D eigenvalue weighted by Gasteiger charge is -2.35. The van der Waals surface area contributed by atoms with E-state index >= 15 is 0 Å². The highest BCUT2D eigenvalue weighted by atomic mass is 35.5. The second-order valence-electron chi connectivity index (χ2n) is 6.73. The highest BCUT2D eigenvalue weighted by molar-refractivity contribution is 7.89. The fourth-order valence-corrected chi connectivity index (χ4v) is 4.89. The Hall–Kier alpha value is -2.10. The number of aromatic nitrogens is 2. The van der Waals surface area contributed by atoms with Crippen molar-refractivity contribution in [2.45, 2.75) is 18.7 Å². The van der Waals surface area contributed by atoms with Gasteiger partial charge in [0.25, 0.3) is 5.91 Å². The van der Waals surface area contributed by atoms with Crippen LogP contribution in [0, 0.1) is 0 Å². The number of amides is 1. The maximum absolute atomic E-state index is 12.8. The van der Waals surface area contributed by atoms with Crippen molar-refractivity contribution in [1.29, 1.82) is 0 Å². The Kier molecular flexibility index (Phi) is 7.67. The average Bonchev–Trinajstić information content (AvgIpc) is 3.14. The predicted octanol–water partition coefficient (Wildman–Crippen LogP) is 1.83. The monoisotopic (exact) mass is 441 g/mol. The van der Waals surface area contributed by atoms with Gasteiger partial charge in [-0.3, -0.25) is 4.79 Å². The van der Waals surface area contributed by atoms with Gasteiger partial charge in [0.15, 0.2) is 0 Å². The first-order valence-corrected chi connectivity index (χ1v) is 10.9. The zero-order chi connectivity index (χ0) is 20.3. The van der Waals surface area contributed by atoms with Crippen molar-refractivity contribution in [1.82, 2.24) is 18.8 Å². The molecule has 0 saturated carbocycles. The Labute approximate surface area is 178 Å². The molecule has 0 aliphatic carbocycles. The van der Waals surface area contributed by atoms with E-state index in [1.165, 1.54) is 16.4 Å². The molecule has 0 unspecified atom stereocenters. The topological polar surface area (TPSA) is 78.8 Å². The van der Waals surface area contributed by atoms with Gasteiger partial charge in [-0.1, -0.05) is 13.8 Å². The quantitative estimate of drug-likeness (QED) is 0.683. The number of aryl methyl sites for hydroxylation is 1. The molecule has 1 aromatic carbocycles. The van der Waals surface area contributed by atoms with Crippen LogP contribution < -0.4 is 4.90 Å². The molecule has 0 spiro atoms.